The van der Waals surface area contributed by atoms with E-state index >= 15 is 0 Å². The van der Waals surface area contributed by atoms with Crippen molar-refractivity contribution in [1.29, 1.82) is 0 Å². The average Bonchev–Trinajstić information content (AvgIpc) is 2.01. The molecule has 0 aliphatic heterocycles. The maximum absolute atomic E-state index is 7.35. The Hall–Kier alpha value is 0.660. The van der Waals surface area contributed by atoms with Gasteiger partial charge in [0.25, 0.3) is 0 Å². The number of hydrogen-bond donors (Lipinski definition) is 1. The topological polar surface area (TPSA) is 26.0 Å². The van der Waals surface area contributed by atoms with Crippen LogP contribution in [0.1, 0.15) is 21.5 Å². The summed E-state index contributed by atoms with van der Waals surface area (Å²) in [6.45, 7) is -0.0270. The van der Waals surface area contributed by atoms with Gasteiger partial charge in [0.1, 0.15) is 0 Å². The lowest BCUT2D eigenvalue weighted by atomic mass is 10.6. The Bertz CT molecular complexity index is 165. The van der Waals surface area contributed by atoms with Crippen LogP contribution in [-0.2, 0) is 0 Å². The van der Waals surface area contributed by atoms with Gasteiger partial charge in [-0.2, -0.15) is 0 Å². The highest BCUT2D eigenvalue weighted by molar-refractivity contribution is 8.76. The van der Waals surface area contributed by atoms with Crippen molar-refractivity contribution in [3.63, 3.8) is 0 Å². The fourth-order valence-corrected chi connectivity index (χ4v) is 1.12. The first kappa shape index (κ1) is 2.72. The van der Waals surface area contributed by atoms with Gasteiger partial charge in [0.05, 0.1) is 0 Å². The molecule has 2 N–H and O–H groups in total. The van der Waals surface area contributed by atoms with Crippen LogP contribution >= 0.6 is 21.6 Å². The fraction of sp³-hybridized carbons (Fsp3) is 1.00. The number of rotatable bonds is 5. The van der Waals surface area contributed by atoms with Crippen molar-refractivity contribution in [1.82, 2.24) is 0 Å². The molecule has 0 spiro atoms. The fourth-order valence-electron chi connectivity index (χ4n) is 0.124. The molecule has 8 heavy (non-hydrogen) atoms. The maximum atomic E-state index is 7.35. The van der Waals surface area contributed by atoms with E-state index in [9.17, 15) is 0 Å². The molecule has 0 bridgehead atoms. The summed E-state index contributed by atoms with van der Waals surface area (Å²) in [6, 6.07) is 0. The van der Waals surface area contributed by atoms with E-state index in [-0.39, 0.29) is 0 Å². The molecule has 0 aliphatic rings. The first-order valence-corrected chi connectivity index (χ1v) is 4.21. The summed E-state index contributed by atoms with van der Waals surface area (Å²) in [6.07, 6.45) is -0.960. The second kappa shape index (κ2) is 7.66. The van der Waals surface area contributed by atoms with Crippen molar-refractivity contribution in [2.75, 3.05) is 17.9 Å². The van der Waals surface area contributed by atoms with Gasteiger partial charge < -0.3 is 5.73 Å². The predicted molar refractivity (Wildman–Crippen MR) is 44.3 cm³/mol. The Kier molecular flexibility index (Phi) is 2.61. The third-order valence-corrected chi connectivity index (χ3v) is 1.80. The summed E-state index contributed by atoms with van der Waals surface area (Å²) in [5.41, 5.74) is 1.22. The van der Waals surface area contributed by atoms with Gasteiger partial charge in [0, 0.05) is 26.2 Å². The first-order valence-electron chi connectivity index (χ1n) is 5.22. The molecular formula is C5H13NS2. The number of nitrogens with two attached hydrogens (primary N) is 1. The van der Waals surface area contributed by atoms with Gasteiger partial charge in [0.15, 0.2) is 0 Å². The van der Waals surface area contributed by atoms with E-state index < -0.39 is 24.3 Å². The molecule has 1 nitrogen and oxygen atoms in total. The van der Waals surface area contributed by atoms with Crippen LogP contribution in [0.2, 0.25) is 0 Å². The summed E-state index contributed by atoms with van der Waals surface area (Å²) in [4.78, 5) is 0. The molecule has 2 atom stereocenters. The third kappa shape index (κ3) is 6.66. The standard InChI is InChI=1S/C5H13NS2/c1-2-4-7-8-5-3-6/h2-6H2,1H3/i2D,3D,4D2,5D2. The molecule has 0 rings (SSSR count). The molecular weight excluding hydrogens is 138 g/mol. The van der Waals surface area contributed by atoms with Crippen molar-refractivity contribution >= 4 is 21.6 Å². The molecule has 0 aromatic rings. The second-order valence-electron chi connectivity index (χ2n) is 0.858. The highest BCUT2D eigenvalue weighted by atomic mass is 33.1. The van der Waals surface area contributed by atoms with Crippen LogP contribution in [0.5, 0.6) is 0 Å². The molecule has 0 radical (unpaired) electrons. The average molecular weight is 157 g/mol. The van der Waals surface area contributed by atoms with Gasteiger partial charge in [-0.3, -0.25) is 0 Å². The Morgan fingerprint density at radius 2 is 2.12 bits per heavy atom. The quantitative estimate of drug-likeness (QED) is 0.616. The predicted octanol–water partition coefficient (Wildman–Crippen LogP) is 1.74. The zero-order chi connectivity index (χ0) is 11.6. The monoisotopic (exact) mass is 157 g/mol. The van der Waals surface area contributed by atoms with E-state index in [0.717, 1.165) is 0 Å². The largest absolute Gasteiger partial charge is 0.330 e. The van der Waals surface area contributed by atoms with E-state index in [1.54, 1.807) is 0 Å². The highest BCUT2D eigenvalue weighted by Gasteiger charge is 1.83. The van der Waals surface area contributed by atoms with Crippen molar-refractivity contribution in [2.45, 2.75) is 13.3 Å². The zero-order valence-corrected chi connectivity index (χ0v) is 6.18. The summed E-state index contributed by atoms with van der Waals surface area (Å²) >= 11 is 0. The van der Waals surface area contributed by atoms with E-state index in [1.807, 2.05) is 0 Å². The van der Waals surface area contributed by atoms with Crippen LogP contribution < -0.4 is 5.73 Å². The smallest absolute Gasteiger partial charge is 0.0434 e. The minimum absolute atomic E-state index is 0.565. The van der Waals surface area contributed by atoms with Crippen LogP contribution in [0.25, 0.3) is 0 Å². The summed E-state index contributed by atoms with van der Waals surface area (Å²) in [7, 11) is 1.17. The van der Waals surface area contributed by atoms with Crippen LogP contribution in [-0.4, -0.2) is 17.9 Å². The molecule has 0 saturated heterocycles. The molecule has 0 saturated carbocycles. The van der Waals surface area contributed by atoms with Crippen LogP contribution in [0.15, 0.2) is 0 Å². The molecule has 0 aromatic heterocycles. The first-order chi connectivity index (χ1) is 6.09. The lowest BCUT2D eigenvalue weighted by Crippen LogP contribution is -1.99. The maximum Gasteiger partial charge on any atom is 0.0434 e. The lowest BCUT2D eigenvalue weighted by molar-refractivity contribution is 1.11. The van der Waals surface area contributed by atoms with Gasteiger partial charge in [-0.1, -0.05) is 28.5 Å². The van der Waals surface area contributed by atoms with E-state index in [2.05, 4.69) is 0 Å². The normalized spacial score (nSPS) is 32.2. The lowest BCUT2D eigenvalue weighted by Gasteiger charge is -1.93. The highest BCUT2D eigenvalue weighted by Crippen LogP contribution is 2.20. The van der Waals surface area contributed by atoms with Crippen LogP contribution in [0, 0.1) is 0 Å². The molecule has 2 unspecified atom stereocenters. The van der Waals surface area contributed by atoms with Gasteiger partial charge in [-0.25, -0.2) is 0 Å². The van der Waals surface area contributed by atoms with Gasteiger partial charge >= 0.3 is 0 Å². The number of hydrogen-bond acceptors (Lipinski definition) is 3. The second-order valence-corrected chi connectivity index (χ2v) is 2.66. The minimum atomic E-state index is -2.01. The molecule has 0 aromatic carbocycles. The van der Waals surface area contributed by atoms with Crippen molar-refractivity contribution in [3.8, 4) is 0 Å². The summed E-state index contributed by atoms with van der Waals surface area (Å²) in [5.74, 6) is 0. The SMILES string of the molecule is [2H]C(C)C([2H])([2H])SSC([2H])([2H])C([2H])N. The van der Waals surface area contributed by atoms with Crippen LogP contribution in [0.4, 0.5) is 0 Å². The Morgan fingerprint density at radius 3 is 2.62 bits per heavy atom. The van der Waals surface area contributed by atoms with Crippen molar-refractivity contribution in [3.05, 3.63) is 0 Å². The van der Waals surface area contributed by atoms with Crippen LogP contribution in [0.3, 0.4) is 0 Å². The molecule has 0 fully saturated rings. The molecule has 0 amide bonds. The molecule has 3 heteroatoms. The van der Waals surface area contributed by atoms with Gasteiger partial charge in [-0.05, 0) is 6.40 Å². The van der Waals surface area contributed by atoms with E-state index in [4.69, 9.17) is 14.0 Å². The van der Waals surface area contributed by atoms with E-state index in [0.29, 0.717) is 21.6 Å². The van der Waals surface area contributed by atoms with Crippen molar-refractivity contribution < 1.29 is 8.22 Å². The Morgan fingerprint density at radius 1 is 1.50 bits per heavy atom. The van der Waals surface area contributed by atoms with E-state index in [1.165, 1.54) is 6.92 Å². The Labute approximate surface area is 67.6 Å². The molecule has 0 aliphatic carbocycles. The van der Waals surface area contributed by atoms with Gasteiger partial charge in [0.2, 0.25) is 0 Å². The summed E-state index contributed by atoms with van der Waals surface area (Å²) in [5, 5.41) is 0. The Balaban J connectivity index is 4.18. The summed E-state index contributed by atoms with van der Waals surface area (Å²) < 4.78 is 43.4. The molecule has 0 heterocycles. The molecule has 50 valence electrons. The zero-order valence-electron chi connectivity index (χ0n) is 10.5. The third-order valence-electron chi connectivity index (χ3n) is 0.324. The van der Waals surface area contributed by atoms with Crippen molar-refractivity contribution in [2.24, 2.45) is 5.73 Å². The van der Waals surface area contributed by atoms with Gasteiger partial charge in [-0.15, -0.1) is 0 Å². The minimum Gasteiger partial charge on any atom is -0.330 e.